The van der Waals surface area contributed by atoms with Gasteiger partial charge in [-0.1, -0.05) is 0 Å². The molecule has 0 spiro atoms. The highest BCUT2D eigenvalue weighted by Gasteiger charge is 2.19. The summed E-state index contributed by atoms with van der Waals surface area (Å²) in [6, 6.07) is 7.30. The second kappa shape index (κ2) is 8.20. The third-order valence-corrected chi connectivity index (χ3v) is 5.06. The molecule has 5 nitrogen and oxygen atoms in total. The maximum Gasteiger partial charge on any atom is 0.312 e. The number of esters is 1. The Hall–Kier alpha value is -2.58. The number of carbonyl (C=O) groups is 2. The molecule has 0 saturated carbocycles. The molecule has 2 aromatic heterocycles. The van der Waals surface area contributed by atoms with Gasteiger partial charge in [0.25, 0.3) is 5.91 Å². The van der Waals surface area contributed by atoms with E-state index < -0.39 is 23.8 Å². The third-order valence-electron chi connectivity index (χ3n) is 3.43. The summed E-state index contributed by atoms with van der Waals surface area (Å²) in [5.74, 6) is -1.41. The SMILES string of the molecule is C[C@@H](OC(=O)Cc1csc(-c2ccsc2)n1)C(=O)Nc1ccc(F)cc1. The van der Waals surface area contributed by atoms with Crippen LogP contribution in [-0.2, 0) is 20.7 Å². The van der Waals surface area contributed by atoms with E-state index >= 15 is 0 Å². The summed E-state index contributed by atoms with van der Waals surface area (Å²) in [5.41, 5.74) is 2.05. The first-order valence-electron chi connectivity index (χ1n) is 7.74. The van der Waals surface area contributed by atoms with Gasteiger partial charge in [-0.05, 0) is 42.6 Å². The highest BCUT2D eigenvalue weighted by molar-refractivity contribution is 7.14. The molecule has 1 aromatic carbocycles. The lowest BCUT2D eigenvalue weighted by Crippen LogP contribution is -2.30. The summed E-state index contributed by atoms with van der Waals surface area (Å²) in [4.78, 5) is 28.5. The lowest BCUT2D eigenvalue weighted by Gasteiger charge is -2.13. The number of nitrogens with one attached hydrogen (secondary N) is 1. The van der Waals surface area contributed by atoms with Gasteiger partial charge in [-0.15, -0.1) is 11.3 Å². The molecule has 0 aliphatic rings. The van der Waals surface area contributed by atoms with Gasteiger partial charge >= 0.3 is 5.97 Å². The van der Waals surface area contributed by atoms with Crippen molar-refractivity contribution in [3.63, 3.8) is 0 Å². The Kier molecular flexibility index (Phi) is 5.75. The fourth-order valence-corrected chi connectivity index (χ4v) is 3.66. The molecule has 3 aromatic rings. The van der Waals surface area contributed by atoms with Crippen LogP contribution in [0, 0.1) is 5.82 Å². The zero-order valence-electron chi connectivity index (χ0n) is 13.8. The number of nitrogens with zero attached hydrogens (tertiary/aromatic N) is 1. The quantitative estimate of drug-likeness (QED) is 0.643. The number of rotatable bonds is 6. The minimum absolute atomic E-state index is 0.00515. The zero-order valence-corrected chi connectivity index (χ0v) is 15.4. The number of hydrogen-bond donors (Lipinski definition) is 1. The van der Waals surface area contributed by atoms with Crippen molar-refractivity contribution in [3.8, 4) is 10.6 Å². The first kappa shape index (κ1) is 18.2. The van der Waals surface area contributed by atoms with Crippen molar-refractivity contribution in [2.75, 3.05) is 5.32 Å². The first-order valence-corrected chi connectivity index (χ1v) is 9.56. The van der Waals surface area contributed by atoms with E-state index in [4.69, 9.17) is 4.74 Å². The summed E-state index contributed by atoms with van der Waals surface area (Å²) >= 11 is 3.04. The summed E-state index contributed by atoms with van der Waals surface area (Å²) in [6.07, 6.45) is -0.975. The van der Waals surface area contributed by atoms with Gasteiger partial charge in [0, 0.05) is 22.0 Å². The number of hydrogen-bond acceptors (Lipinski definition) is 6. The van der Waals surface area contributed by atoms with E-state index in [1.54, 1.807) is 16.7 Å². The van der Waals surface area contributed by atoms with Crippen LogP contribution in [-0.4, -0.2) is 23.0 Å². The van der Waals surface area contributed by atoms with Gasteiger partial charge in [-0.25, -0.2) is 9.37 Å². The van der Waals surface area contributed by atoms with Gasteiger partial charge in [0.2, 0.25) is 0 Å². The number of thiophene rings is 1. The Morgan fingerprint density at radius 1 is 1.23 bits per heavy atom. The second-order valence-electron chi connectivity index (χ2n) is 5.46. The van der Waals surface area contributed by atoms with Crippen LogP contribution in [0.25, 0.3) is 10.6 Å². The number of amides is 1. The maximum atomic E-state index is 12.9. The standard InChI is InChI=1S/C18H15FN2O3S2/c1-11(17(23)20-14-4-2-13(19)3-5-14)24-16(22)8-15-10-26-18(21-15)12-6-7-25-9-12/h2-7,9-11H,8H2,1H3,(H,20,23)/t11-/m1/s1. The van der Waals surface area contributed by atoms with Crippen LogP contribution in [0.15, 0.2) is 46.5 Å². The van der Waals surface area contributed by atoms with Gasteiger partial charge in [-0.3, -0.25) is 9.59 Å². The largest absolute Gasteiger partial charge is 0.452 e. The average Bonchev–Trinajstić information content (AvgIpc) is 3.28. The Bertz CT molecular complexity index is 892. The Balaban J connectivity index is 1.52. The summed E-state index contributed by atoms with van der Waals surface area (Å²) in [5, 5.41) is 9.17. The molecule has 1 amide bonds. The first-order chi connectivity index (χ1) is 12.5. The average molecular weight is 390 g/mol. The van der Waals surface area contributed by atoms with E-state index in [2.05, 4.69) is 10.3 Å². The Morgan fingerprint density at radius 2 is 2.00 bits per heavy atom. The molecule has 8 heteroatoms. The van der Waals surface area contributed by atoms with Crippen molar-refractivity contribution in [1.29, 1.82) is 0 Å². The van der Waals surface area contributed by atoms with Crippen molar-refractivity contribution < 1.29 is 18.7 Å². The molecule has 26 heavy (non-hydrogen) atoms. The number of anilines is 1. The third kappa shape index (κ3) is 4.74. The molecular weight excluding hydrogens is 375 g/mol. The van der Waals surface area contributed by atoms with Crippen LogP contribution in [0.1, 0.15) is 12.6 Å². The molecule has 1 atom stereocenters. The molecule has 0 bridgehead atoms. The van der Waals surface area contributed by atoms with Crippen molar-refractivity contribution in [1.82, 2.24) is 4.98 Å². The van der Waals surface area contributed by atoms with E-state index in [1.165, 1.54) is 42.5 Å². The van der Waals surface area contributed by atoms with Crippen molar-refractivity contribution in [2.24, 2.45) is 0 Å². The van der Waals surface area contributed by atoms with Gasteiger partial charge in [0.1, 0.15) is 10.8 Å². The zero-order chi connectivity index (χ0) is 18.5. The molecule has 0 fully saturated rings. The predicted molar refractivity (Wildman–Crippen MR) is 99.7 cm³/mol. The monoisotopic (exact) mass is 390 g/mol. The lowest BCUT2D eigenvalue weighted by atomic mass is 10.3. The summed E-state index contributed by atoms with van der Waals surface area (Å²) < 4.78 is 18.0. The molecule has 0 aliphatic carbocycles. The normalized spacial score (nSPS) is 11.8. The minimum Gasteiger partial charge on any atom is -0.452 e. The van der Waals surface area contributed by atoms with E-state index in [9.17, 15) is 14.0 Å². The molecule has 0 saturated heterocycles. The lowest BCUT2D eigenvalue weighted by molar-refractivity contribution is -0.152. The molecule has 1 N–H and O–H groups in total. The van der Waals surface area contributed by atoms with Crippen molar-refractivity contribution in [2.45, 2.75) is 19.4 Å². The van der Waals surface area contributed by atoms with Gasteiger partial charge in [0.15, 0.2) is 6.10 Å². The van der Waals surface area contributed by atoms with Crippen LogP contribution in [0.4, 0.5) is 10.1 Å². The Labute approximate surface area is 157 Å². The smallest absolute Gasteiger partial charge is 0.312 e. The molecule has 0 radical (unpaired) electrons. The fourth-order valence-electron chi connectivity index (χ4n) is 2.12. The number of aromatic nitrogens is 1. The van der Waals surface area contributed by atoms with E-state index in [0.717, 1.165) is 10.6 Å². The van der Waals surface area contributed by atoms with Crippen LogP contribution in [0.2, 0.25) is 0 Å². The molecule has 2 heterocycles. The number of thiazole rings is 1. The van der Waals surface area contributed by atoms with Crippen LogP contribution < -0.4 is 5.32 Å². The van der Waals surface area contributed by atoms with Gasteiger partial charge in [0.05, 0.1) is 12.1 Å². The minimum atomic E-state index is -0.970. The molecule has 3 rings (SSSR count). The highest BCUT2D eigenvalue weighted by Crippen LogP contribution is 2.25. The molecular formula is C18H15FN2O3S2. The van der Waals surface area contributed by atoms with E-state index in [0.29, 0.717) is 11.4 Å². The van der Waals surface area contributed by atoms with Gasteiger partial charge in [-0.2, -0.15) is 11.3 Å². The number of halogens is 1. The highest BCUT2D eigenvalue weighted by atomic mass is 32.1. The molecule has 134 valence electrons. The van der Waals surface area contributed by atoms with Gasteiger partial charge < -0.3 is 10.1 Å². The summed E-state index contributed by atoms with van der Waals surface area (Å²) in [6.45, 7) is 1.48. The Morgan fingerprint density at radius 3 is 2.69 bits per heavy atom. The number of ether oxygens (including phenoxy) is 1. The molecule has 0 aliphatic heterocycles. The predicted octanol–water partition coefficient (Wildman–Crippen LogP) is 4.12. The van der Waals surface area contributed by atoms with Crippen LogP contribution in [0.3, 0.4) is 0 Å². The van der Waals surface area contributed by atoms with Crippen LogP contribution in [0.5, 0.6) is 0 Å². The van der Waals surface area contributed by atoms with Crippen molar-refractivity contribution in [3.05, 3.63) is 58.0 Å². The summed E-state index contributed by atoms with van der Waals surface area (Å²) in [7, 11) is 0. The topological polar surface area (TPSA) is 68.3 Å². The number of carbonyl (C=O) groups excluding carboxylic acids is 2. The second-order valence-corrected chi connectivity index (χ2v) is 7.10. The maximum absolute atomic E-state index is 12.9. The fraction of sp³-hybridized carbons (Fsp3) is 0.167. The van der Waals surface area contributed by atoms with Crippen LogP contribution >= 0.6 is 22.7 Å². The van der Waals surface area contributed by atoms with Crippen molar-refractivity contribution >= 4 is 40.2 Å². The van der Waals surface area contributed by atoms with E-state index in [-0.39, 0.29) is 6.42 Å². The molecule has 0 unspecified atom stereocenters. The van der Waals surface area contributed by atoms with E-state index in [1.807, 2.05) is 16.8 Å². The number of benzene rings is 1.